The molecule has 1 amide bonds. The Labute approximate surface area is 113 Å². The van der Waals surface area contributed by atoms with E-state index < -0.39 is 0 Å². The number of piperidine rings is 1. The first-order chi connectivity index (χ1) is 8.97. The standard InChI is InChI=1S/C13H23N5O/c1-13(2,3)12-16-10(17-18-12)11(19)15-8-9-6-4-5-7-14-9/h9,14H,4-8H2,1-3H3,(H,15,19)(H,16,17,18). The van der Waals surface area contributed by atoms with E-state index in [0.717, 1.165) is 18.8 Å². The number of nitrogens with zero attached hydrogens (tertiary/aromatic N) is 2. The number of aromatic nitrogens is 3. The van der Waals surface area contributed by atoms with Crippen LogP contribution in [0.3, 0.4) is 0 Å². The SMILES string of the molecule is CC(C)(C)c1nc(C(=O)NCC2CCCCN2)n[nH]1. The minimum Gasteiger partial charge on any atom is -0.348 e. The molecular formula is C13H23N5O. The van der Waals surface area contributed by atoms with Crippen LogP contribution in [0.2, 0.25) is 0 Å². The van der Waals surface area contributed by atoms with Crippen LogP contribution in [0.1, 0.15) is 56.5 Å². The summed E-state index contributed by atoms with van der Waals surface area (Å²) in [5.74, 6) is 0.744. The van der Waals surface area contributed by atoms with Gasteiger partial charge in [-0.1, -0.05) is 27.2 Å². The van der Waals surface area contributed by atoms with Crippen molar-refractivity contribution >= 4 is 5.91 Å². The third-order valence-corrected chi connectivity index (χ3v) is 3.32. The summed E-state index contributed by atoms with van der Waals surface area (Å²) < 4.78 is 0. The average molecular weight is 265 g/mol. The first-order valence-electron chi connectivity index (χ1n) is 6.91. The minimum atomic E-state index is -0.209. The van der Waals surface area contributed by atoms with E-state index in [-0.39, 0.29) is 17.1 Å². The molecule has 1 fully saturated rings. The van der Waals surface area contributed by atoms with E-state index in [0.29, 0.717) is 12.6 Å². The van der Waals surface area contributed by atoms with Crippen molar-refractivity contribution in [3.8, 4) is 0 Å². The maximum absolute atomic E-state index is 11.9. The summed E-state index contributed by atoms with van der Waals surface area (Å²) in [5, 5.41) is 13.1. The second-order valence-electron chi connectivity index (χ2n) is 6.11. The quantitative estimate of drug-likeness (QED) is 0.760. The van der Waals surface area contributed by atoms with Crippen molar-refractivity contribution in [2.45, 2.75) is 51.5 Å². The van der Waals surface area contributed by atoms with E-state index in [1.807, 2.05) is 20.8 Å². The molecule has 2 heterocycles. The molecule has 2 rings (SSSR count). The summed E-state index contributed by atoms with van der Waals surface area (Å²) in [4.78, 5) is 16.2. The van der Waals surface area contributed by atoms with Gasteiger partial charge in [-0.3, -0.25) is 9.89 Å². The molecule has 0 aromatic carbocycles. The molecule has 1 aromatic rings. The van der Waals surface area contributed by atoms with Gasteiger partial charge in [-0.25, -0.2) is 4.98 Å². The van der Waals surface area contributed by atoms with Gasteiger partial charge in [0.25, 0.3) is 5.91 Å². The van der Waals surface area contributed by atoms with E-state index >= 15 is 0 Å². The molecule has 0 aliphatic carbocycles. The Balaban J connectivity index is 1.87. The van der Waals surface area contributed by atoms with Crippen molar-refractivity contribution in [3.05, 3.63) is 11.6 Å². The highest BCUT2D eigenvalue weighted by Gasteiger charge is 2.21. The van der Waals surface area contributed by atoms with E-state index in [2.05, 4.69) is 25.8 Å². The number of carbonyl (C=O) groups excluding carboxylic acids is 1. The Morgan fingerprint density at radius 1 is 1.42 bits per heavy atom. The van der Waals surface area contributed by atoms with Gasteiger partial charge in [-0.15, -0.1) is 5.10 Å². The molecule has 1 aromatic heterocycles. The van der Waals surface area contributed by atoms with Crippen LogP contribution in [-0.4, -0.2) is 40.2 Å². The highest BCUT2D eigenvalue weighted by Crippen LogP contribution is 2.17. The lowest BCUT2D eigenvalue weighted by molar-refractivity contribution is 0.0937. The second-order valence-corrected chi connectivity index (χ2v) is 6.11. The first kappa shape index (κ1) is 14.0. The van der Waals surface area contributed by atoms with Crippen molar-refractivity contribution in [2.75, 3.05) is 13.1 Å². The van der Waals surface area contributed by atoms with Crippen molar-refractivity contribution in [2.24, 2.45) is 0 Å². The molecule has 6 heteroatoms. The molecule has 0 saturated carbocycles. The third kappa shape index (κ3) is 3.76. The maximum atomic E-state index is 11.9. The highest BCUT2D eigenvalue weighted by atomic mass is 16.2. The van der Waals surface area contributed by atoms with Crippen LogP contribution >= 0.6 is 0 Å². The van der Waals surface area contributed by atoms with Crippen LogP contribution < -0.4 is 10.6 Å². The van der Waals surface area contributed by atoms with E-state index in [1.54, 1.807) is 0 Å². The Morgan fingerprint density at radius 2 is 2.21 bits per heavy atom. The molecule has 1 atom stereocenters. The highest BCUT2D eigenvalue weighted by molar-refractivity contribution is 5.90. The lowest BCUT2D eigenvalue weighted by Crippen LogP contribution is -2.43. The lowest BCUT2D eigenvalue weighted by Gasteiger charge is -2.23. The predicted octanol–water partition coefficient (Wildman–Crippen LogP) is 0.974. The van der Waals surface area contributed by atoms with Crippen LogP contribution in [-0.2, 0) is 5.41 Å². The molecule has 106 valence electrons. The maximum Gasteiger partial charge on any atom is 0.291 e. The van der Waals surface area contributed by atoms with E-state index in [1.165, 1.54) is 12.8 Å². The van der Waals surface area contributed by atoms with Gasteiger partial charge in [0.2, 0.25) is 5.82 Å². The summed E-state index contributed by atoms with van der Waals surface area (Å²) >= 11 is 0. The number of rotatable bonds is 3. The van der Waals surface area contributed by atoms with Gasteiger partial charge in [-0.05, 0) is 19.4 Å². The van der Waals surface area contributed by atoms with Crippen LogP contribution in [0.4, 0.5) is 0 Å². The fraction of sp³-hybridized carbons (Fsp3) is 0.769. The summed E-state index contributed by atoms with van der Waals surface area (Å²) in [6.07, 6.45) is 3.56. The number of hydrogen-bond donors (Lipinski definition) is 3. The first-order valence-corrected chi connectivity index (χ1v) is 6.91. The fourth-order valence-corrected chi connectivity index (χ4v) is 2.09. The van der Waals surface area contributed by atoms with E-state index in [4.69, 9.17) is 0 Å². The Kier molecular flexibility index (Phi) is 4.19. The summed E-state index contributed by atoms with van der Waals surface area (Å²) in [5.41, 5.74) is -0.129. The molecule has 6 nitrogen and oxygen atoms in total. The summed E-state index contributed by atoms with van der Waals surface area (Å²) in [6.45, 7) is 7.76. The zero-order valence-corrected chi connectivity index (χ0v) is 11.9. The van der Waals surface area contributed by atoms with Gasteiger partial charge in [-0.2, -0.15) is 0 Å². The Hall–Kier alpha value is -1.43. The van der Waals surface area contributed by atoms with E-state index in [9.17, 15) is 4.79 Å². The van der Waals surface area contributed by atoms with Gasteiger partial charge in [0.15, 0.2) is 0 Å². The van der Waals surface area contributed by atoms with Crippen molar-refractivity contribution < 1.29 is 4.79 Å². The Morgan fingerprint density at radius 3 is 2.79 bits per heavy atom. The third-order valence-electron chi connectivity index (χ3n) is 3.32. The number of nitrogens with one attached hydrogen (secondary N) is 3. The second kappa shape index (κ2) is 5.69. The zero-order chi connectivity index (χ0) is 13.9. The van der Waals surface area contributed by atoms with Crippen molar-refractivity contribution in [1.29, 1.82) is 0 Å². The number of hydrogen-bond acceptors (Lipinski definition) is 4. The molecule has 1 aliphatic rings. The van der Waals surface area contributed by atoms with Gasteiger partial charge in [0, 0.05) is 18.0 Å². The fourth-order valence-electron chi connectivity index (χ4n) is 2.09. The molecular weight excluding hydrogens is 242 g/mol. The molecule has 1 unspecified atom stereocenters. The van der Waals surface area contributed by atoms with Gasteiger partial charge >= 0.3 is 0 Å². The normalized spacial score (nSPS) is 20.3. The van der Waals surface area contributed by atoms with Crippen LogP contribution in [0, 0.1) is 0 Å². The van der Waals surface area contributed by atoms with Crippen LogP contribution in [0.25, 0.3) is 0 Å². The minimum absolute atomic E-state index is 0.129. The smallest absolute Gasteiger partial charge is 0.291 e. The van der Waals surface area contributed by atoms with Gasteiger partial charge in [0.05, 0.1) is 0 Å². The number of amides is 1. The molecule has 3 N–H and O–H groups in total. The van der Waals surface area contributed by atoms with Crippen LogP contribution in [0.5, 0.6) is 0 Å². The molecule has 0 spiro atoms. The summed E-state index contributed by atoms with van der Waals surface area (Å²) in [7, 11) is 0. The molecule has 0 radical (unpaired) electrons. The predicted molar refractivity (Wildman–Crippen MR) is 73.1 cm³/mol. The molecule has 1 aliphatic heterocycles. The zero-order valence-electron chi connectivity index (χ0n) is 11.9. The Bertz CT molecular complexity index is 428. The van der Waals surface area contributed by atoms with Crippen molar-refractivity contribution in [1.82, 2.24) is 25.8 Å². The summed E-state index contributed by atoms with van der Waals surface area (Å²) in [6, 6.07) is 0.374. The van der Waals surface area contributed by atoms with Crippen LogP contribution in [0.15, 0.2) is 0 Å². The number of H-pyrrole nitrogens is 1. The molecule has 19 heavy (non-hydrogen) atoms. The number of carbonyl (C=O) groups is 1. The molecule has 0 bridgehead atoms. The van der Waals surface area contributed by atoms with Gasteiger partial charge in [0.1, 0.15) is 5.82 Å². The van der Waals surface area contributed by atoms with Crippen molar-refractivity contribution in [3.63, 3.8) is 0 Å². The number of aromatic amines is 1. The van der Waals surface area contributed by atoms with Gasteiger partial charge < -0.3 is 10.6 Å². The monoisotopic (exact) mass is 265 g/mol. The molecule has 1 saturated heterocycles. The average Bonchev–Trinajstić information content (AvgIpc) is 2.87. The lowest BCUT2D eigenvalue weighted by atomic mass is 9.96. The topological polar surface area (TPSA) is 82.7 Å². The largest absolute Gasteiger partial charge is 0.348 e.